The average molecular weight is 338 g/mol. The lowest BCUT2D eigenvalue weighted by Gasteiger charge is -2.29. The molecule has 2 N–H and O–H groups in total. The van der Waals surface area contributed by atoms with Crippen LogP contribution >= 0.6 is 0 Å². The van der Waals surface area contributed by atoms with Crippen molar-refractivity contribution in [3.8, 4) is 0 Å². The van der Waals surface area contributed by atoms with Gasteiger partial charge in [0.1, 0.15) is 6.04 Å². The number of carboxylic acid groups (broad SMARTS) is 1. The smallest absolute Gasteiger partial charge is 0.326 e. The van der Waals surface area contributed by atoms with E-state index in [0.29, 0.717) is 0 Å². The highest BCUT2D eigenvalue weighted by Crippen LogP contribution is 2.25. The van der Waals surface area contributed by atoms with E-state index >= 15 is 0 Å². The Labute approximate surface area is 141 Å². The third kappa shape index (κ3) is 4.33. The quantitative estimate of drug-likeness (QED) is 0.757. The van der Waals surface area contributed by atoms with E-state index in [-0.39, 0.29) is 24.9 Å². The highest BCUT2D eigenvalue weighted by Gasteiger charge is 2.31. The Balaban J connectivity index is 3.05. The maximum Gasteiger partial charge on any atom is 0.326 e. The Bertz CT molecular complexity index is 638. The largest absolute Gasteiger partial charge is 0.480 e. The van der Waals surface area contributed by atoms with E-state index in [1.165, 1.54) is 18.7 Å². The van der Waals surface area contributed by atoms with Crippen molar-refractivity contribution in [2.45, 2.75) is 46.6 Å². The molecule has 0 saturated heterocycles. The van der Waals surface area contributed by atoms with E-state index in [4.69, 9.17) is 0 Å². The molecule has 2 atom stereocenters. The van der Waals surface area contributed by atoms with Crippen LogP contribution in [-0.2, 0) is 21.4 Å². The first-order valence-electron chi connectivity index (χ1n) is 7.85. The Morgan fingerprint density at radius 1 is 1.29 bits per heavy atom. The molecule has 0 aliphatic heterocycles. The molecule has 2 amide bonds. The molecule has 1 aromatic rings. The minimum atomic E-state index is -1.09. The van der Waals surface area contributed by atoms with Crippen LogP contribution in [0.3, 0.4) is 0 Å². The summed E-state index contributed by atoms with van der Waals surface area (Å²) < 4.78 is 1.71. The molecular weight excluding hydrogens is 312 g/mol. The summed E-state index contributed by atoms with van der Waals surface area (Å²) in [6.07, 6.45) is 0. The third-order valence-electron chi connectivity index (χ3n) is 4.20. The lowest BCUT2D eigenvalue weighted by molar-refractivity contribution is -0.149. The fourth-order valence-corrected chi connectivity index (χ4v) is 2.77. The molecule has 8 nitrogen and oxygen atoms in total. The van der Waals surface area contributed by atoms with E-state index in [2.05, 4.69) is 10.4 Å². The van der Waals surface area contributed by atoms with Crippen molar-refractivity contribution in [2.75, 3.05) is 13.1 Å². The van der Waals surface area contributed by atoms with Crippen molar-refractivity contribution in [1.29, 1.82) is 0 Å². The number of aromatic nitrogens is 2. The van der Waals surface area contributed by atoms with Gasteiger partial charge in [-0.3, -0.25) is 14.3 Å². The van der Waals surface area contributed by atoms with Crippen LogP contribution in [0, 0.1) is 13.8 Å². The molecule has 134 valence electrons. The van der Waals surface area contributed by atoms with Gasteiger partial charge in [0.25, 0.3) is 0 Å². The van der Waals surface area contributed by atoms with Gasteiger partial charge in [-0.25, -0.2) is 4.79 Å². The van der Waals surface area contributed by atoms with Gasteiger partial charge in [0.05, 0.1) is 11.6 Å². The van der Waals surface area contributed by atoms with Crippen molar-refractivity contribution in [3.63, 3.8) is 0 Å². The van der Waals surface area contributed by atoms with E-state index in [1.807, 2.05) is 13.8 Å². The predicted octanol–water partition coefficient (Wildman–Crippen LogP) is 0.578. The summed E-state index contributed by atoms with van der Waals surface area (Å²) in [4.78, 5) is 36.5. The standard InChI is InChI=1S/C16H26N4O4/c1-9(14-10(2)18-19(6)11(14)3)15(22)20(12(4)16(23)24)8-7-17-13(5)21/h9,12H,7-8H2,1-6H3,(H,17,21)(H,23,24). The number of nitrogens with one attached hydrogen (secondary N) is 1. The molecule has 0 spiro atoms. The Morgan fingerprint density at radius 3 is 2.29 bits per heavy atom. The Morgan fingerprint density at radius 2 is 1.88 bits per heavy atom. The van der Waals surface area contributed by atoms with Crippen molar-refractivity contribution < 1.29 is 19.5 Å². The van der Waals surface area contributed by atoms with Crippen molar-refractivity contribution in [1.82, 2.24) is 20.0 Å². The van der Waals surface area contributed by atoms with Gasteiger partial charge in [0.2, 0.25) is 11.8 Å². The topological polar surface area (TPSA) is 105 Å². The molecule has 0 aromatic carbocycles. The van der Waals surface area contributed by atoms with Crippen LogP contribution < -0.4 is 5.32 Å². The van der Waals surface area contributed by atoms with Crippen molar-refractivity contribution >= 4 is 17.8 Å². The zero-order chi connectivity index (χ0) is 18.6. The summed E-state index contributed by atoms with van der Waals surface area (Å²) in [5, 5.41) is 16.2. The number of rotatable bonds is 7. The van der Waals surface area contributed by atoms with Gasteiger partial charge in [-0.05, 0) is 27.7 Å². The molecule has 8 heteroatoms. The van der Waals surface area contributed by atoms with Gasteiger partial charge in [0, 0.05) is 38.3 Å². The molecule has 0 aliphatic carbocycles. The van der Waals surface area contributed by atoms with Gasteiger partial charge >= 0.3 is 5.97 Å². The average Bonchev–Trinajstić information content (AvgIpc) is 2.74. The summed E-state index contributed by atoms with van der Waals surface area (Å²) >= 11 is 0. The van der Waals surface area contributed by atoms with Crippen LogP contribution in [0.5, 0.6) is 0 Å². The first-order chi connectivity index (χ1) is 11.1. The number of aliphatic carboxylic acids is 1. The van der Waals surface area contributed by atoms with Crippen molar-refractivity contribution in [3.05, 3.63) is 17.0 Å². The zero-order valence-electron chi connectivity index (χ0n) is 15.1. The van der Waals surface area contributed by atoms with Gasteiger partial charge in [-0.2, -0.15) is 5.10 Å². The number of carbonyl (C=O) groups excluding carboxylic acids is 2. The van der Waals surface area contributed by atoms with Crippen LogP contribution in [0.1, 0.15) is 43.6 Å². The number of amides is 2. The SMILES string of the molecule is CC(=O)NCCN(C(=O)C(C)c1c(C)nn(C)c1C)C(C)C(=O)O. The van der Waals surface area contributed by atoms with E-state index in [0.717, 1.165) is 17.0 Å². The summed E-state index contributed by atoms with van der Waals surface area (Å²) in [5.74, 6) is -2.12. The first kappa shape index (κ1) is 19.7. The number of carboxylic acids is 1. The third-order valence-corrected chi connectivity index (χ3v) is 4.20. The van der Waals surface area contributed by atoms with Crippen LogP contribution in [0.2, 0.25) is 0 Å². The molecule has 24 heavy (non-hydrogen) atoms. The van der Waals surface area contributed by atoms with Crippen LogP contribution in [0.25, 0.3) is 0 Å². The number of carbonyl (C=O) groups is 3. The molecule has 1 heterocycles. The molecule has 0 fully saturated rings. The van der Waals surface area contributed by atoms with Gasteiger partial charge < -0.3 is 15.3 Å². The normalized spacial score (nSPS) is 13.2. The van der Waals surface area contributed by atoms with Gasteiger partial charge in [-0.15, -0.1) is 0 Å². The minimum absolute atomic E-state index is 0.134. The molecule has 1 aromatic heterocycles. The first-order valence-corrected chi connectivity index (χ1v) is 7.85. The molecule has 0 bridgehead atoms. The second-order valence-corrected chi connectivity index (χ2v) is 5.96. The maximum atomic E-state index is 12.9. The van der Waals surface area contributed by atoms with Crippen LogP contribution in [-0.4, -0.2) is 56.7 Å². The molecule has 0 radical (unpaired) electrons. The zero-order valence-corrected chi connectivity index (χ0v) is 15.1. The monoisotopic (exact) mass is 338 g/mol. The molecule has 0 saturated carbocycles. The van der Waals surface area contributed by atoms with Gasteiger partial charge in [0.15, 0.2) is 0 Å². The number of hydrogen-bond donors (Lipinski definition) is 2. The fourth-order valence-electron chi connectivity index (χ4n) is 2.77. The molecule has 1 rings (SSSR count). The highest BCUT2D eigenvalue weighted by molar-refractivity contribution is 5.88. The minimum Gasteiger partial charge on any atom is -0.480 e. The van der Waals surface area contributed by atoms with Gasteiger partial charge in [-0.1, -0.05) is 0 Å². The van der Waals surface area contributed by atoms with E-state index in [1.54, 1.807) is 18.7 Å². The van der Waals surface area contributed by atoms with Crippen molar-refractivity contribution in [2.24, 2.45) is 7.05 Å². The number of aryl methyl sites for hydroxylation is 2. The second-order valence-electron chi connectivity index (χ2n) is 5.96. The molecular formula is C16H26N4O4. The second kappa shape index (κ2) is 7.94. The van der Waals surface area contributed by atoms with E-state index < -0.39 is 17.9 Å². The highest BCUT2D eigenvalue weighted by atomic mass is 16.4. The Hall–Kier alpha value is -2.38. The van der Waals surface area contributed by atoms with Crippen LogP contribution in [0.15, 0.2) is 0 Å². The predicted molar refractivity (Wildman–Crippen MR) is 88.6 cm³/mol. The maximum absolute atomic E-state index is 12.9. The summed E-state index contributed by atoms with van der Waals surface area (Å²) in [6.45, 7) is 8.63. The molecule has 2 unspecified atom stereocenters. The summed E-state index contributed by atoms with van der Waals surface area (Å²) in [7, 11) is 1.80. The van der Waals surface area contributed by atoms with Crippen LogP contribution in [0.4, 0.5) is 0 Å². The lowest BCUT2D eigenvalue weighted by Crippen LogP contribution is -2.48. The summed E-state index contributed by atoms with van der Waals surface area (Å²) in [5.41, 5.74) is 2.43. The fraction of sp³-hybridized carbons (Fsp3) is 0.625. The summed E-state index contributed by atoms with van der Waals surface area (Å²) in [6, 6.07) is -0.981. The Kier molecular flexibility index (Phi) is 6.51. The number of hydrogen-bond acceptors (Lipinski definition) is 4. The van der Waals surface area contributed by atoms with E-state index in [9.17, 15) is 19.5 Å². The lowest BCUT2D eigenvalue weighted by atomic mass is 9.97. The number of nitrogens with zero attached hydrogens (tertiary/aromatic N) is 3. The molecule has 0 aliphatic rings.